The second kappa shape index (κ2) is 7.60. The molecule has 3 nitrogen and oxygen atoms in total. The molecule has 1 aromatic heterocycles. The van der Waals surface area contributed by atoms with Gasteiger partial charge in [-0.15, -0.1) is 0 Å². The molecule has 1 heterocycles. The fourth-order valence-electron chi connectivity index (χ4n) is 1.56. The largest absolute Gasteiger partial charge is 0.396 e. The molecule has 90 valence electrons. The van der Waals surface area contributed by atoms with E-state index in [1.165, 1.54) is 0 Å². The van der Waals surface area contributed by atoms with Crippen LogP contribution in [0.15, 0.2) is 18.2 Å². The first-order chi connectivity index (χ1) is 7.72. The van der Waals surface area contributed by atoms with Crippen molar-refractivity contribution in [2.24, 2.45) is 0 Å². The molecule has 0 fully saturated rings. The molecule has 4 heteroatoms. The first-order valence-electron chi connectivity index (χ1n) is 5.63. The third-order valence-corrected chi connectivity index (χ3v) is 2.61. The zero-order valence-corrected chi connectivity index (χ0v) is 10.5. The molecule has 0 aliphatic carbocycles. The van der Waals surface area contributed by atoms with Crippen molar-refractivity contribution in [2.75, 3.05) is 20.2 Å². The summed E-state index contributed by atoms with van der Waals surface area (Å²) in [4.78, 5) is 6.46. The van der Waals surface area contributed by atoms with E-state index in [4.69, 9.17) is 16.7 Å². The van der Waals surface area contributed by atoms with E-state index in [0.29, 0.717) is 11.8 Å². The summed E-state index contributed by atoms with van der Waals surface area (Å²) in [5, 5.41) is 9.21. The molecule has 0 saturated carbocycles. The Bertz CT molecular complexity index is 307. The minimum absolute atomic E-state index is 0.291. The zero-order chi connectivity index (χ0) is 11.8. The number of unbranched alkanes of at least 4 members (excludes halogenated alkanes) is 2. The molecule has 0 aromatic carbocycles. The lowest BCUT2D eigenvalue weighted by molar-refractivity contribution is 0.270. The molecule has 0 aliphatic heterocycles. The number of rotatable bonds is 7. The van der Waals surface area contributed by atoms with Gasteiger partial charge in [0.15, 0.2) is 0 Å². The average molecular weight is 243 g/mol. The van der Waals surface area contributed by atoms with Gasteiger partial charge < -0.3 is 10.0 Å². The highest BCUT2D eigenvalue weighted by Crippen LogP contribution is 2.07. The molecular weight excluding hydrogens is 224 g/mol. The van der Waals surface area contributed by atoms with Crippen LogP contribution in [0.3, 0.4) is 0 Å². The molecule has 0 aliphatic rings. The molecule has 0 amide bonds. The molecule has 0 saturated heterocycles. The number of hydrogen-bond acceptors (Lipinski definition) is 3. The van der Waals surface area contributed by atoms with Crippen LogP contribution < -0.4 is 0 Å². The van der Waals surface area contributed by atoms with Crippen LogP contribution in [0.2, 0.25) is 5.15 Å². The van der Waals surface area contributed by atoms with Crippen molar-refractivity contribution < 1.29 is 5.11 Å². The lowest BCUT2D eigenvalue weighted by Crippen LogP contribution is -2.19. The first-order valence-corrected chi connectivity index (χ1v) is 6.01. The Morgan fingerprint density at radius 3 is 2.81 bits per heavy atom. The predicted octanol–water partition coefficient (Wildman–Crippen LogP) is 2.33. The van der Waals surface area contributed by atoms with Crippen LogP contribution in [0, 0.1) is 0 Å². The van der Waals surface area contributed by atoms with E-state index in [-0.39, 0.29) is 0 Å². The highest BCUT2D eigenvalue weighted by atomic mass is 35.5. The summed E-state index contributed by atoms with van der Waals surface area (Å²) < 4.78 is 0. The molecule has 0 radical (unpaired) electrons. The Morgan fingerprint density at radius 2 is 2.12 bits per heavy atom. The van der Waals surface area contributed by atoms with E-state index in [0.717, 1.165) is 38.0 Å². The molecule has 16 heavy (non-hydrogen) atoms. The minimum atomic E-state index is 0.291. The van der Waals surface area contributed by atoms with Crippen LogP contribution in [0.1, 0.15) is 25.0 Å². The third-order valence-electron chi connectivity index (χ3n) is 2.40. The van der Waals surface area contributed by atoms with Gasteiger partial charge in [-0.3, -0.25) is 0 Å². The number of aliphatic hydroxyl groups excluding tert-OH is 1. The van der Waals surface area contributed by atoms with Gasteiger partial charge in [-0.1, -0.05) is 17.7 Å². The number of aromatic nitrogens is 1. The Morgan fingerprint density at radius 1 is 1.31 bits per heavy atom. The fraction of sp³-hybridized carbons (Fsp3) is 0.583. The summed E-state index contributed by atoms with van der Waals surface area (Å²) in [5.41, 5.74) is 0.997. The Labute approximate surface area is 102 Å². The number of halogens is 1. The predicted molar refractivity (Wildman–Crippen MR) is 66.5 cm³/mol. The van der Waals surface area contributed by atoms with Crippen LogP contribution in [0.5, 0.6) is 0 Å². The summed E-state index contributed by atoms with van der Waals surface area (Å²) in [6, 6.07) is 5.69. The fourth-order valence-corrected chi connectivity index (χ4v) is 1.75. The normalized spacial score (nSPS) is 11.0. The summed E-state index contributed by atoms with van der Waals surface area (Å²) >= 11 is 5.82. The quantitative estimate of drug-likeness (QED) is 0.589. The minimum Gasteiger partial charge on any atom is -0.396 e. The van der Waals surface area contributed by atoms with Gasteiger partial charge in [0, 0.05) is 13.2 Å². The molecule has 1 N–H and O–H groups in total. The lowest BCUT2D eigenvalue weighted by atomic mass is 10.2. The van der Waals surface area contributed by atoms with E-state index < -0.39 is 0 Å². The zero-order valence-electron chi connectivity index (χ0n) is 9.69. The summed E-state index contributed by atoms with van der Waals surface area (Å²) in [6.07, 6.45) is 3.07. The van der Waals surface area contributed by atoms with E-state index in [1.807, 2.05) is 12.1 Å². The van der Waals surface area contributed by atoms with Crippen molar-refractivity contribution in [3.63, 3.8) is 0 Å². The number of aliphatic hydroxyl groups is 1. The van der Waals surface area contributed by atoms with Crippen molar-refractivity contribution >= 4 is 11.6 Å². The highest BCUT2D eigenvalue weighted by molar-refractivity contribution is 6.29. The summed E-state index contributed by atoms with van der Waals surface area (Å²) in [7, 11) is 2.07. The molecular formula is C12H19ClN2O. The van der Waals surface area contributed by atoms with Gasteiger partial charge in [-0.25, -0.2) is 4.98 Å². The smallest absolute Gasteiger partial charge is 0.129 e. The highest BCUT2D eigenvalue weighted by Gasteiger charge is 2.01. The summed E-state index contributed by atoms with van der Waals surface area (Å²) in [6.45, 7) is 2.13. The topological polar surface area (TPSA) is 36.4 Å². The van der Waals surface area contributed by atoms with Crippen molar-refractivity contribution in [3.05, 3.63) is 29.0 Å². The Hall–Kier alpha value is -0.640. The van der Waals surface area contributed by atoms with Crippen molar-refractivity contribution in [2.45, 2.75) is 25.8 Å². The SMILES string of the molecule is CN(CCCCCO)Cc1cccc(Cl)n1. The van der Waals surface area contributed by atoms with Crippen LogP contribution in [-0.2, 0) is 6.54 Å². The molecule has 0 atom stereocenters. The lowest BCUT2D eigenvalue weighted by Gasteiger charge is -2.15. The Balaban J connectivity index is 2.25. The van der Waals surface area contributed by atoms with Gasteiger partial charge >= 0.3 is 0 Å². The summed E-state index contributed by atoms with van der Waals surface area (Å²) in [5.74, 6) is 0. The van der Waals surface area contributed by atoms with Gasteiger partial charge in [0.1, 0.15) is 5.15 Å². The molecule has 0 unspecified atom stereocenters. The van der Waals surface area contributed by atoms with Crippen molar-refractivity contribution in [1.82, 2.24) is 9.88 Å². The second-order valence-electron chi connectivity index (χ2n) is 3.97. The third kappa shape index (κ3) is 5.45. The standard InChI is InChI=1S/C12H19ClN2O/c1-15(8-3-2-4-9-16)10-11-6-5-7-12(13)14-11/h5-7,16H,2-4,8-10H2,1H3. The second-order valence-corrected chi connectivity index (χ2v) is 4.36. The molecule has 1 rings (SSSR count). The van der Waals surface area contributed by atoms with E-state index in [1.54, 1.807) is 6.07 Å². The van der Waals surface area contributed by atoms with E-state index in [2.05, 4.69) is 16.9 Å². The number of pyridine rings is 1. The number of hydrogen-bond donors (Lipinski definition) is 1. The van der Waals surface area contributed by atoms with E-state index in [9.17, 15) is 0 Å². The maximum absolute atomic E-state index is 8.66. The number of nitrogens with zero attached hydrogens (tertiary/aromatic N) is 2. The van der Waals surface area contributed by atoms with Gasteiger partial charge in [0.05, 0.1) is 5.69 Å². The van der Waals surface area contributed by atoms with Crippen LogP contribution >= 0.6 is 11.6 Å². The van der Waals surface area contributed by atoms with Gasteiger partial charge in [-0.2, -0.15) is 0 Å². The van der Waals surface area contributed by atoms with Crippen LogP contribution in [-0.4, -0.2) is 35.2 Å². The Kier molecular flexibility index (Phi) is 6.38. The van der Waals surface area contributed by atoms with Gasteiger partial charge in [0.25, 0.3) is 0 Å². The molecule has 1 aromatic rings. The average Bonchev–Trinajstić information content (AvgIpc) is 2.24. The monoisotopic (exact) mass is 242 g/mol. The van der Waals surface area contributed by atoms with Gasteiger partial charge in [-0.05, 0) is 45.0 Å². The van der Waals surface area contributed by atoms with Crippen LogP contribution in [0.25, 0.3) is 0 Å². The van der Waals surface area contributed by atoms with E-state index >= 15 is 0 Å². The van der Waals surface area contributed by atoms with Crippen molar-refractivity contribution in [3.8, 4) is 0 Å². The van der Waals surface area contributed by atoms with Crippen LogP contribution in [0.4, 0.5) is 0 Å². The van der Waals surface area contributed by atoms with Crippen molar-refractivity contribution in [1.29, 1.82) is 0 Å². The maximum Gasteiger partial charge on any atom is 0.129 e. The first kappa shape index (κ1) is 13.4. The molecule has 0 bridgehead atoms. The van der Waals surface area contributed by atoms with Gasteiger partial charge in [0.2, 0.25) is 0 Å². The maximum atomic E-state index is 8.66. The molecule has 0 spiro atoms.